The van der Waals surface area contributed by atoms with Crippen molar-refractivity contribution in [1.82, 2.24) is 0 Å². The first-order chi connectivity index (χ1) is 7.54. The Kier molecular flexibility index (Phi) is 4.62. The molecule has 0 spiro atoms. The maximum atomic E-state index is 12.7. The Hall–Kier alpha value is -1.65. The van der Waals surface area contributed by atoms with Gasteiger partial charge < -0.3 is 4.74 Å². The molecular weight excluding hydrogens is 249 g/mol. The molecule has 96 valence electrons. The second kappa shape index (κ2) is 5.12. The third kappa shape index (κ3) is 3.69. The largest absolute Gasteiger partial charge is 0.461 e. The lowest BCUT2D eigenvalue weighted by Crippen LogP contribution is -2.44. The highest BCUT2D eigenvalue weighted by Gasteiger charge is 2.61. The average Bonchev–Trinajstić information content (AvgIpc) is 2.22. The predicted molar refractivity (Wildman–Crippen MR) is 45.9 cm³/mol. The molecule has 0 saturated heterocycles. The molecule has 17 heavy (non-hydrogen) atoms. The molecule has 0 aliphatic carbocycles. The SMILES string of the molecule is C=C(C#N)C(=O)OCC(C)C(F)(F)C(F)(F)F. The molecule has 0 rings (SSSR count). The molecule has 1 atom stereocenters. The maximum Gasteiger partial charge on any atom is 0.453 e. The van der Waals surface area contributed by atoms with Gasteiger partial charge in [-0.15, -0.1) is 0 Å². The van der Waals surface area contributed by atoms with E-state index < -0.39 is 36.2 Å². The molecule has 0 aromatic heterocycles. The first kappa shape index (κ1) is 15.3. The fraction of sp³-hybridized carbons (Fsp3) is 0.556. The van der Waals surface area contributed by atoms with Crippen LogP contribution in [0.2, 0.25) is 0 Å². The van der Waals surface area contributed by atoms with Gasteiger partial charge in [0.2, 0.25) is 0 Å². The zero-order chi connectivity index (χ0) is 13.9. The molecule has 0 saturated carbocycles. The number of carbonyl (C=O) groups excluding carboxylic acids is 1. The third-order valence-corrected chi connectivity index (χ3v) is 1.84. The van der Waals surface area contributed by atoms with Crippen LogP contribution in [0.15, 0.2) is 12.2 Å². The Morgan fingerprint density at radius 2 is 1.88 bits per heavy atom. The van der Waals surface area contributed by atoms with Gasteiger partial charge in [-0.3, -0.25) is 0 Å². The number of nitrogens with zero attached hydrogens (tertiary/aromatic N) is 1. The quantitative estimate of drug-likeness (QED) is 0.336. The number of esters is 1. The second-order valence-electron chi connectivity index (χ2n) is 3.21. The van der Waals surface area contributed by atoms with Crippen LogP contribution in [0.3, 0.4) is 0 Å². The van der Waals surface area contributed by atoms with E-state index in [0.29, 0.717) is 6.92 Å². The molecule has 0 N–H and O–H groups in total. The highest BCUT2D eigenvalue weighted by Crippen LogP contribution is 2.41. The molecule has 0 bridgehead atoms. The van der Waals surface area contributed by atoms with E-state index in [1.807, 2.05) is 0 Å². The molecule has 8 heteroatoms. The molecule has 0 aromatic carbocycles. The second-order valence-corrected chi connectivity index (χ2v) is 3.21. The summed E-state index contributed by atoms with van der Waals surface area (Å²) in [7, 11) is 0. The summed E-state index contributed by atoms with van der Waals surface area (Å²) in [4.78, 5) is 10.8. The number of hydrogen-bond donors (Lipinski definition) is 0. The zero-order valence-corrected chi connectivity index (χ0v) is 8.65. The number of halogens is 5. The highest BCUT2D eigenvalue weighted by molar-refractivity contribution is 5.91. The number of hydrogen-bond acceptors (Lipinski definition) is 3. The molecule has 0 amide bonds. The zero-order valence-electron chi connectivity index (χ0n) is 8.65. The van der Waals surface area contributed by atoms with Crippen LogP contribution >= 0.6 is 0 Å². The molecule has 0 radical (unpaired) electrons. The van der Waals surface area contributed by atoms with Gasteiger partial charge in [0.25, 0.3) is 0 Å². The number of nitriles is 1. The summed E-state index contributed by atoms with van der Waals surface area (Å²) in [6, 6.07) is 1.28. The van der Waals surface area contributed by atoms with Crippen molar-refractivity contribution in [1.29, 1.82) is 5.26 Å². The maximum absolute atomic E-state index is 12.7. The minimum atomic E-state index is -5.72. The van der Waals surface area contributed by atoms with E-state index in [-0.39, 0.29) is 0 Å². The molecule has 0 aromatic rings. The van der Waals surface area contributed by atoms with Crippen LogP contribution in [0.5, 0.6) is 0 Å². The number of carbonyl (C=O) groups is 1. The van der Waals surface area contributed by atoms with Crippen LogP contribution < -0.4 is 0 Å². The van der Waals surface area contributed by atoms with Gasteiger partial charge in [-0.2, -0.15) is 27.2 Å². The summed E-state index contributed by atoms with van der Waals surface area (Å²) in [5, 5.41) is 8.18. The lowest BCUT2D eigenvalue weighted by atomic mass is 10.0. The fourth-order valence-electron chi connectivity index (χ4n) is 0.717. The molecule has 1 unspecified atom stereocenters. The molecular formula is C9H8F5NO2. The Morgan fingerprint density at radius 1 is 1.41 bits per heavy atom. The van der Waals surface area contributed by atoms with Crippen molar-refractivity contribution in [3.63, 3.8) is 0 Å². The van der Waals surface area contributed by atoms with E-state index in [1.165, 1.54) is 6.07 Å². The van der Waals surface area contributed by atoms with Gasteiger partial charge in [0.1, 0.15) is 18.2 Å². The van der Waals surface area contributed by atoms with Gasteiger partial charge in [-0.05, 0) is 0 Å². The van der Waals surface area contributed by atoms with Crippen LogP contribution in [-0.4, -0.2) is 24.7 Å². The van der Waals surface area contributed by atoms with Crippen molar-refractivity contribution in [2.75, 3.05) is 6.61 Å². The summed E-state index contributed by atoms with van der Waals surface area (Å²) in [6.07, 6.45) is -5.72. The van der Waals surface area contributed by atoms with E-state index in [1.54, 1.807) is 0 Å². The van der Waals surface area contributed by atoms with Crippen LogP contribution in [0, 0.1) is 17.2 Å². The fourth-order valence-corrected chi connectivity index (χ4v) is 0.717. The Balaban J connectivity index is 4.49. The van der Waals surface area contributed by atoms with Gasteiger partial charge in [-0.1, -0.05) is 13.5 Å². The Bertz CT molecular complexity index is 355. The van der Waals surface area contributed by atoms with Crippen molar-refractivity contribution < 1.29 is 31.5 Å². The highest BCUT2D eigenvalue weighted by atomic mass is 19.4. The van der Waals surface area contributed by atoms with E-state index in [4.69, 9.17) is 5.26 Å². The van der Waals surface area contributed by atoms with E-state index >= 15 is 0 Å². The summed E-state index contributed by atoms with van der Waals surface area (Å²) in [6.45, 7) is 2.34. The third-order valence-electron chi connectivity index (χ3n) is 1.84. The first-order valence-corrected chi connectivity index (χ1v) is 4.24. The number of ether oxygens (including phenoxy) is 1. The van der Waals surface area contributed by atoms with Crippen molar-refractivity contribution >= 4 is 5.97 Å². The van der Waals surface area contributed by atoms with Crippen molar-refractivity contribution in [2.24, 2.45) is 5.92 Å². The van der Waals surface area contributed by atoms with Gasteiger partial charge in [0, 0.05) is 0 Å². The van der Waals surface area contributed by atoms with E-state index in [0.717, 1.165) is 0 Å². The Labute approximate surface area is 93.5 Å². The van der Waals surface area contributed by atoms with E-state index in [9.17, 15) is 26.7 Å². The molecule has 0 heterocycles. The van der Waals surface area contributed by atoms with Gasteiger partial charge in [0.05, 0.1) is 5.92 Å². The molecule has 3 nitrogen and oxygen atoms in total. The first-order valence-electron chi connectivity index (χ1n) is 4.24. The lowest BCUT2D eigenvalue weighted by molar-refractivity contribution is -0.303. The standard InChI is InChI=1S/C9H8F5NO2/c1-5(3-15)7(16)17-4-6(2)8(10,11)9(12,13)14/h6H,1,4H2,2H3. The topological polar surface area (TPSA) is 50.1 Å². The monoisotopic (exact) mass is 257 g/mol. The summed E-state index contributed by atoms with van der Waals surface area (Å²) < 4.78 is 65.0. The van der Waals surface area contributed by atoms with Gasteiger partial charge >= 0.3 is 18.1 Å². The minimum Gasteiger partial charge on any atom is -0.461 e. The van der Waals surface area contributed by atoms with Crippen molar-refractivity contribution in [2.45, 2.75) is 19.0 Å². The number of alkyl halides is 5. The lowest BCUT2D eigenvalue weighted by Gasteiger charge is -2.25. The van der Waals surface area contributed by atoms with Crippen LogP contribution in [0.25, 0.3) is 0 Å². The van der Waals surface area contributed by atoms with Crippen molar-refractivity contribution in [3.05, 3.63) is 12.2 Å². The minimum absolute atomic E-state index is 0.579. The van der Waals surface area contributed by atoms with Crippen LogP contribution in [0.1, 0.15) is 6.92 Å². The van der Waals surface area contributed by atoms with E-state index in [2.05, 4.69) is 11.3 Å². The molecule has 0 aliphatic heterocycles. The summed E-state index contributed by atoms with van der Waals surface area (Å²) >= 11 is 0. The smallest absolute Gasteiger partial charge is 0.453 e. The summed E-state index contributed by atoms with van der Waals surface area (Å²) in [5.74, 6) is -8.54. The van der Waals surface area contributed by atoms with Gasteiger partial charge in [0.15, 0.2) is 0 Å². The summed E-state index contributed by atoms with van der Waals surface area (Å²) in [5.41, 5.74) is -0.674. The number of rotatable bonds is 4. The normalized spacial score (nSPS) is 13.7. The predicted octanol–water partition coefficient (Wildman–Crippen LogP) is 2.44. The van der Waals surface area contributed by atoms with Gasteiger partial charge in [-0.25, -0.2) is 4.79 Å². The molecule has 0 fully saturated rings. The van der Waals surface area contributed by atoms with Crippen LogP contribution in [0.4, 0.5) is 22.0 Å². The molecule has 0 aliphatic rings. The van der Waals surface area contributed by atoms with Crippen LogP contribution in [-0.2, 0) is 9.53 Å². The average molecular weight is 257 g/mol. The van der Waals surface area contributed by atoms with Crippen molar-refractivity contribution in [3.8, 4) is 6.07 Å². The Morgan fingerprint density at radius 3 is 2.24 bits per heavy atom.